The van der Waals surface area contributed by atoms with Crippen LogP contribution >= 0.6 is 0 Å². The standard InChI is InChI=1S/C10H14FN3O3S/c1-6(10(15)13-2)14-18(16,17)9-4-3-7(11)5-8(9)12/h3-6,14H,12H2,1-2H3,(H,13,15). The van der Waals surface area contributed by atoms with Crippen molar-refractivity contribution < 1.29 is 17.6 Å². The Hall–Kier alpha value is -1.67. The molecular formula is C10H14FN3O3S. The Balaban J connectivity index is 3.04. The van der Waals surface area contributed by atoms with Gasteiger partial charge in [-0.2, -0.15) is 4.72 Å². The number of hydrogen-bond donors (Lipinski definition) is 3. The van der Waals surface area contributed by atoms with Crippen molar-refractivity contribution in [3.63, 3.8) is 0 Å². The number of likely N-dealkylation sites (N-methyl/N-ethyl adjacent to an activating group) is 1. The highest BCUT2D eigenvalue weighted by Crippen LogP contribution is 2.19. The number of rotatable bonds is 4. The van der Waals surface area contributed by atoms with Crippen molar-refractivity contribution in [2.45, 2.75) is 17.9 Å². The molecule has 100 valence electrons. The van der Waals surface area contributed by atoms with E-state index in [1.54, 1.807) is 0 Å². The van der Waals surface area contributed by atoms with Crippen LogP contribution < -0.4 is 15.8 Å². The number of benzene rings is 1. The number of nitrogens with two attached hydrogens (primary N) is 1. The molecule has 0 fully saturated rings. The second-order valence-corrected chi connectivity index (χ2v) is 5.32. The number of hydrogen-bond acceptors (Lipinski definition) is 4. The molecule has 4 N–H and O–H groups in total. The number of carbonyl (C=O) groups excluding carboxylic acids is 1. The molecule has 8 heteroatoms. The van der Waals surface area contributed by atoms with Gasteiger partial charge in [0.2, 0.25) is 15.9 Å². The summed E-state index contributed by atoms with van der Waals surface area (Å²) in [5.41, 5.74) is 5.22. The summed E-state index contributed by atoms with van der Waals surface area (Å²) in [7, 11) is -2.58. The fraction of sp³-hybridized carbons (Fsp3) is 0.300. The molecule has 1 unspecified atom stereocenters. The Morgan fingerprint density at radius 3 is 2.56 bits per heavy atom. The molecule has 1 aromatic carbocycles. The smallest absolute Gasteiger partial charge is 0.243 e. The van der Waals surface area contributed by atoms with Gasteiger partial charge in [-0.1, -0.05) is 0 Å². The summed E-state index contributed by atoms with van der Waals surface area (Å²) in [4.78, 5) is 11.0. The maximum atomic E-state index is 12.8. The Labute approximate surface area is 104 Å². The highest BCUT2D eigenvalue weighted by molar-refractivity contribution is 7.89. The molecule has 0 bridgehead atoms. The van der Waals surface area contributed by atoms with E-state index in [4.69, 9.17) is 5.73 Å². The van der Waals surface area contributed by atoms with Gasteiger partial charge < -0.3 is 11.1 Å². The van der Waals surface area contributed by atoms with E-state index in [9.17, 15) is 17.6 Å². The quantitative estimate of drug-likeness (QED) is 0.663. The van der Waals surface area contributed by atoms with Crippen molar-refractivity contribution in [2.24, 2.45) is 0 Å². The second kappa shape index (κ2) is 5.32. The lowest BCUT2D eigenvalue weighted by Gasteiger charge is -2.13. The lowest BCUT2D eigenvalue weighted by Crippen LogP contribution is -2.43. The van der Waals surface area contributed by atoms with Crippen molar-refractivity contribution in [2.75, 3.05) is 12.8 Å². The minimum Gasteiger partial charge on any atom is -0.398 e. The molecule has 18 heavy (non-hydrogen) atoms. The summed E-state index contributed by atoms with van der Waals surface area (Å²) in [5, 5.41) is 2.31. The molecule has 0 saturated heterocycles. The zero-order valence-electron chi connectivity index (χ0n) is 9.90. The lowest BCUT2D eigenvalue weighted by molar-refractivity contribution is -0.121. The molecule has 0 radical (unpaired) electrons. The minimum atomic E-state index is -3.96. The molecule has 0 heterocycles. The number of halogens is 1. The van der Waals surface area contributed by atoms with Gasteiger partial charge in [-0.25, -0.2) is 12.8 Å². The van der Waals surface area contributed by atoms with Gasteiger partial charge in [0.1, 0.15) is 10.7 Å². The third kappa shape index (κ3) is 3.17. The first kappa shape index (κ1) is 14.4. The average molecular weight is 275 g/mol. The van der Waals surface area contributed by atoms with Crippen molar-refractivity contribution in [1.82, 2.24) is 10.0 Å². The van der Waals surface area contributed by atoms with Crippen LogP contribution in [-0.2, 0) is 14.8 Å². The predicted molar refractivity (Wildman–Crippen MR) is 64.7 cm³/mol. The molecule has 0 saturated carbocycles. The molecule has 1 aromatic rings. The second-order valence-electron chi connectivity index (χ2n) is 3.64. The summed E-state index contributed by atoms with van der Waals surface area (Å²) in [6, 6.07) is 1.97. The van der Waals surface area contributed by atoms with Crippen LogP contribution in [0, 0.1) is 5.82 Å². The highest BCUT2D eigenvalue weighted by atomic mass is 32.2. The fourth-order valence-corrected chi connectivity index (χ4v) is 2.65. The number of anilines is 1. The van der Waals surface area contributed by atoms with E-state index in [2.05, 4.69) is 10.0 Å². The van der Waals surface area contributed by atoms with Crippen molar-refractivity contribution in [3.05, 3.63) is 24.0 Å². The van der Waals surface area contributed by atoms with Crippen LogP contribution in [0.2, 0.25) is 0 Å². The molecule has 6 nitrogen and oxygen atoms in total. The van der Waals surface area contributed by atoms with E-state index in [1.807, 2.05) is 0 Å². The van der Waals surface area contributed by atoms with Gasteiger partial charge in [0.25, 0.3) is 0 Å². The van der Waals surface area contributed by atoms with Crippen LogP contribution in [0.5, 0.6) is 0 Å². The van der Waals surface area contributed by atoms with Crippen LogP contribution in [-0.4, -0.2) is 27.4 Å². The SMILES string of the molecule is CNC(=O)C(C)NS(=O)(=O)c1ccc(F)cc1N. The van der Waals surface area contributed by atoms with Gasteiger partial charge in [-0.05, 0) is 25.1 Å². The van der Waals surface area contributed by atoms with Crippen LogP contribution in [0.4, 0.5) is 10.1 Å². The van der Waals surface area contributed by atoms with Gasteiger partial charge in [0.15, 0.2) is 0 Å². The molecular weight excluding hydrogens is 261 g/mol. The monoisotopic (exact) mass is 275 g/mol. The summed E-state index contributed by atoms with van der Waals surface area (Å²) < 4.78 is 38.8. The summed E-state index contributed by atoms with van der Waals surface area (Å²) >= 11 is 0. The molecule has 1 atom stereocenters. The first-order chi connectivity index (χ1) is 8.27. The summed E-state index contributed by atoms with van der Waals surface area (Å²) in [6.07, 6.45) is 0. The van der Waals surface area contributed by atoms with E-state index >= 15 is 0 Å². The highest BCUT2D eigenvalue weighted by Gasteiger charge is 2.23. The Bertz CT molecular complexity index is 559. The molecule has 0 spiro atoms. The van der Waals surface area contributed by atoms with Gasteiger partial charge >= 0.3 is 0 Å². The summed E-state index contributed by atoms with van der Waals surface area (Å²) in [5.74, 6) is -1.12. The fourth-order valence-electron chi connectivity index (χ4n) is 1.33. The minimum absolute atomic E-state index is 0.216. The molecule has 0 aliphatic rings. The van der Waals surface area contributed by atoms with Crippen LogP contribution in [0.1, 0.15) is 6.92 Å². The van der Waals surface area contributed by atoms with Gasteiger partial charge in [0.05, 0.1) is 11.7 Å². The largest absolute Gasteiger partial charge is 0.398 e. The molecule has 0 aliphatic carbocycles. The number of amides is 1. The van der Waals surface area contributed by atoms with E-state index < -0.39 is 27.8 Å². The van der Waals surface area contributed by atoms with Crippen LogP contribution in [0.3, 0.4) is 0 Å². The predicted octanol–water partition coefficient (Wildman–Crippen LogP) is -0.179. The number of carbonyl (C=O) groups is 1. The zero-order chi connectivity index (χ0) is 13.9. The van der Waals surface area contributed by atoms with E-state index in [1.165, 1.54) is 14.0 Å². The number of nitrogens with one attached hydrogen (secondary N) is 2. The normalized spacial score (nSPS) is 13.1. The number of nitrogen functional groups attached to an aromatic ring is 1. The molecule has 1 amide bonds. The lowest BCUT2D eigenvalue weighted by atomic mass is 10.3. The third-order valence-electron chi connectivity index (χ3n) is 2.23. The van der Waals surface area contributed by atoms with Crippen molar-refractivity contribution in [3.8, 4) is 0 Å². The average Bonchev–Trinajstić information content (AvgIpc) is 2.26. The first-order valence-electron chi connectivity index (χ1n) is 5.07. The van der Waals surface area contributed by atoms with E-state index in [0.717, 1.165) is 18.2 Å². The molecule has 1 rings (SSSR count). The number of sulfonamides is 1. The van der Waals surface area contributed by atoms with Gasteiger partial charge in [0, 0.05) is 7.05 Å². The van der Waals surface area contributed by atoms with Gasteiger partial charge in [-0.3, -0.25) is 4.79 Å². The van der Waals surface area contributed by atoms with E-state index in [-0.39, 0.29) is 10.6 Å². The molecule has 0 aliphatic heterocycles. The first-order valence-corrected chi connectivity index (χ1v) is 6.55. The van der Waals surface area contributed by atoms with Crippen LogP contribution in [0.15, 0.2) is 23.1 Å². The van der Waals surface area contributed by atoms with Gasteiger partial charge in [-0.15, -0.1) is 0 Å². The Morgan fingerprint density at radius 1 is 1.44 bits per heavy atom. The molecule has 0 aromatic heterocycles. The van der Waals surface area contributed by atoms with Crippen molar-refractivity contribution in [1.29, 1.82) is 0 Å². The summed E-state index contributed by atoms with van der Waals surface area (Å²) in [6.45, 7) is 1.39. The topological polar surface area (TPSA) is 101 Å². The zero-order valence-corrected chi connectivity index (χ0v) is 10.7. The third-order valence-corrected chi connectivity index (χ3v) is 3.85. The van der Waals surface area contributed by atoms with Crippen molar-refractivity contribution >= 4 is 21.6 Å². The maximum absolute atomic E-state index is 12.8. The van der Waals surface area contributed by atoms with Crippen LogP contribution in [0.25, 0.3) is 0 Å². The van der Waals surface area contributed by atoms with E-state index in [0.29, 0.717) is 0 Å². The Morgan fingerprint density at radius 2 is 2.06 bits per heavy atom. The maximum Gasteiger partial charge on any atom is 0.243 e. The Kier molecular flexibility index (Phi) is 4.25.